The monoisotopic (exact) mass is 767 g/mol. The van der Waals surface area contributed by atoms with Gasteiger partial charge in [0.25, 0.3) is 5.88 Å². The van der Waals surface area contributed by atoms with Crippen molar-refractivity contribution in [1.82, 2.24) is 19.3 Å². The molecule has 0 amide bonds. The Morgan fingerprint density at radius 2 is 1.52 bits per heavy atom. The average Bonchev–Trinajstić information content (AvgIpc) is 3.44. The molecule has 1 aromatic carbocycles. The van der Waals surface area contributed by atoms with E-state index in [9.17, 15) is 23.2 Å². The fourth-order valence-electron chi connectivity index (χ4n) is 5.10. The Morgan fingerprint density at radius 1 is 0.944 bits per heavy atom. The molecule has 1 saturated heterocycles. The van der Waals surface area contributed by atoms with Crippen molar-refractivity contribution in [1.29, 1.82) is 5.41 Å². The average molecular weight is 768 g/mol. The molecule has 1 aliphatic heterocycles. The summed E-state index contributed by atoms with van der Waals surface area (Å²) in [5.41, 5.74) is 3.34. The number of aryl methyl sites for hydroxylation is 1. The van der Waals surface area contributed by atoms with Crippen LogP contribution in [-0.4, -0.2) is 104 Å². The summed E-state index contributed by atoms with van der Waals surface area (Å²) in [6.45, 7) is 10.6. The Balaban J connectivity index is 0.000000338. The number of benzene rings is 1. The lowest BCUT2D eigenvalue weighted by Crippen LogP contribution is -2.37. The van der Waals surface area contributed by atoms with Crippen LogP contribution in [-0.2, 0) is 21.5 Å². The summed E-state index contributed by atoms with van der Waals surface area (Å²) in [6, 6.07) is 7.10. The van der Waals surface area contributed by atoms with E-state index >= 15 is 0 Å². The van der Waals surface area contributed by atoms with Crippen LogP contribution in [0.15, 0.2) is 30.5 Å². The van der Waals surface area contributed by atoms with E-state index in [1.165, 1.54) is 33.0 Å². The number of ketones is 1. The summed E-state index contributed by atoms with van der Waals surface area (Å²) in [5.74, 6) is -0.713. The number of anilines is 1. The molecular formula is C34H44F3N7O10. The maximum atomic E-state index is 13.5. The molecule has 1 fully saturated rings. The van der Waals surface area contributed by atoms with Crippen LogP contribution in [0.25, 0.3) is 5.52 Å². The SMILES string of the molecule is COc1cc(C)[n+]([O-])nc1OC.COc1cc2cn(CC(=O)c3cc(N4CCOCC4)c(OC)c(C(C)(C)C)c3)c(=N)n2nc1OC.O=C(O)C(F)(F)F. The van der Waals surface area contributed by atoms with Crippen molar-refractivity contribution in [3.63, 3.8) is 0 Å². The van der Waals surface area contributed by atoms with E-state index in [1.807, 2.05) is 12.1 Å². The van der Waals surface area contributed by atoms with Crippen molar-refractivity contribution in [3.8, 4) is 29.0 Å². The predicted molar refractivity (Wildman–Crippen MR) is 186 cm³/mol. The van der Waals surface area contributed by atoms with E-state index in [2.05, 4.69) is 35.9 Å². The number of hydrogen-bond donors (Lipinski definition) is 2. The summed E-state index contributed by atoms with van der Waals surface area (Å²) < 4.78 is 66.4. The van der Waals surface area contributed by atoms with E-state index in [-0.39, 0.29) is 35.1 Å². The van der Waals surface area contributed by atoms with Gasteiger partial charge in [0.15, 0.2) is 17.3 Å². The van der Waals surface area contributed by atoms with E-state index in [4.69, 9.17) is 43.7 Å². The third kappa shape index (κ3) is 10.2. The number of fused-ring (bicyclic) bond motifs is 1. The Bertz CT molecular complexity index is 1970. The number of methoxy groups -OCH3 is 5. The highest BCUT2D eigenvalue weighted by molar-refractivity contribution is 5.98. The van der Waals surface area contributed by atoms with Crippen LogP contribution < -0.4 is 39.0 Å². The lowest BCUT2D eigenvalue weighted by atomic mass is 9.84. The predicted octanol–water partition coefficient (Wildman–Crippen LogP) is 3.33. The fourth-order valence-corrected chi connectivity index (χ4v) is 5.10. The molecule has 54 heavy (non-hydrogen) atoms. The number of hydrogen-bond acceptors (Lipinski definition) is 13. The third-order valence-electron chi connectivity index (χ3n) is 7.86. The van der Waals surface area contributed by atoms with Gasteiger partial charge in [-0.1, -0.05) is 25.6 Å². The van der Waals surface area contributed by atoms with E-state index in [0.29, 0.717) is 46.3 Å². The molecule has 4 aromatic rings. The van der Waals surface area contributed by atoms with Crippen LogP contribution in [0.4, 0.5) is 18.9 Å². The number of carboxylic acids is 1. The number of carbonyl (C=O) groups is 2. The number of alkyl halides is 3. The van der Waals surface area contributed by atoms with Gasteiger partial charge in [0.05, 0.1) is 77.7 Å². The van der Waals surface area contributed by atoms with Crippen LogP contribution >= 0.6 is 0 Å². The first-order chi connectivity index (χ1) is 25.3. The fraction of sp³-hybridized carbons (Fsp3) is 0.471. The number of rotatable bonds is 9. The molecule has 0 radical (unpaired) electrons. The minimum absolute atomic E-state index is 0.00864. The van der Waals surface area contributed by atoms with E-state index in [1.54, 1.807) is 36.9 Å². The van der Waals surface area contributed by atoms with Crippen molar-refractivity contribution in [2.45, 2.75) is 45.8 Å². The Morgan fingerprint density at radius 3 is 2.02 bits per heavy atom. The zero-order chi connectivity index (χ0) is 40.5. The van der Waals surface area contributed by atoms with E-state index < -0.39 is 12.1 Å². The van der Waals surface area contributed by atoms with Crippen LogP contribution in [0.2, 0.25) is 0 Å². The van der Waals surface area contributed by atoms with Crippen molar-refractivity contribution in [3.05, 3.63) is 58.1 Å². The summed E-state index contributed by atoms with van der Waals surface area (Å²) in [4.78, 5) is 25.1. The third-order valence-corrected chi connectivity index (χ3v) is 7.86. The number of halogens is 3. The molecule has 4 heterocycles. The minimum atomic E-state index is -5.08. The highest BCUT2D eigenvalue weighted by Crippen LogP contribution is 2.40. The summed E-state index contributed by atoms with van der Waals surface area (Å²) >= 11 is 0. The highest BCUT2D eigenvalue weighted by Gasteiger charge is 2.38. The van der Waals surface area contributed by atoms with Crippen molar-refractivity contribution < 1.29 is 61.1 Å². The number of Topliss-reactive ketones (excluding diaryl/α,β-unsaturated/α-hetero) is 1. The molecule has 0 bridgehead atoms. The second kappa shape index (κ2) is 17.8. The molecule has 0 saturated carbocycles. The van der Waals surface area contributed by atoms with Gasteiger partial charge in [-0.3, -0.25) is 10.2 Å². The molecule has 1 aliphatic rings. The molecule has 2 N–H and O–H groups in total. The maximum Gasteiger partial charge on any atom is 0.490 e. The first kappa shape index (κ1) is 42.6. The normalized spacial score (nSPS) is 12.9. The smallest absolute Gasteiger partial charge is 0.490 e. The van der Waals surface area contributed by atoms with Crippen LogP contribution in [0.1, 0.15) is 42.4 Å². The number of imidazole rings is 1. The lowest BCUT2D eigenvalue weighted by molar-refractivity contribution is -0.676. The second-order valence-corrected chi connectivity index (χ2v) is 12.5. The second-order valence-electron chi connectivity index (χ2n) is 12.5. The Hall–Kier alpha value is -5.79. The van der Waals surface area contributed by atoms with Crippen molar-refractivity contribution in [2.24, 2.45) is 0 Å². The van der Waals surface area contributed by atoms with Crippen molar-refractivity contribution in [2.75, 3.05) is 66.8 Å². The van der Waals surface area contributed by atoms with Crippen molar-refractivity contribution >= 4 is 23.0 Å². The number of nitrogens with zero attached hydrogens (tertiary/aromatic N) is 6. The first-order valence-corrected chi connectivity index (χ1v) is 16.1. The highest BCUT2D eigenvalue weighted by atomic mass is 19.4. The van der Waals surface area contributed by atoms with E-state index in [0.717, 1.165) is 30.1 Å². The van der Waals surface area contributed by atoms with Gasteiger partial charge < -0.3 is 48.2 Å². The first-order valence-electron chi connectivity index (χ1n) is 16.1. The number of nitrogens with one attached hydrogen (secondary N) is 1. The molecule has 20 heteroatoms. The minimum Gasteiger partial charge on any atom is -0.594 e. The largest absolute Gasteiger partial charge is 0.594 e. The van der Waals surface area contributed by atoms with Gasteiger partial charge in [0, 0.05) is 43.4 Å². The van der Waals surface area contributed by atoms with Crippen LogP contribution in [0.5, 0.6) is 29.0 Å². The number of carboxylic acid groups (broad SMARTS) is 1. The Kier molecular flexibility index (Phi) is 14.1. The molecule has 5 rings (SSSR count). The number of aliphatic carboxylic acids is 1. The van der Waals surface area contributed by atoms with Crippen LogP contribution in [0, 0.1) is 17.5 Å². The lowest BCUT2D eigenvalue weighted by Gasteiger charge is -2.33. The van der Waals surface area contributed by atoms with Gasteiger partial charge in [-0.15, -0.1) is 5.10 Å². The molecule has 3 aromatic heterocycles. The standard InChI is InChI=1S/C25H33N5O5.C7H10N2O3.C2HF3O2/c1-25(2,3)18-11-16(12-19(22(18)33-5)28-7-9-35-10-8-28)20(31)15-29-14-17-13-21(32-4)23(34-6)27-30(17)24(29)26;1-5-4-6(11-2)7(12-3)8-9(5)10;3-2(4,5)1(6)7/h11-14,26H,7-10,15H2,1-6H3;4H,1-3H3;(H,6,7). The topological polar surface area (TPSA) is 199 Å². The summed E-state index contributed by atoms with van der Waals surface area (Å²) in [5, 5.41) is 34.5. The van der Waals surface area contributed by atoms with Gasteiger partial charge in [-0.05, 0) is 17.5 Å². The molecule has 0 aliphatic carbocycles. The van der Waals surface area contributed by atoms with Gasteiger partial charge >= 0.3 is 18.0 Å². The van der Waals surface area contributed by atoms with Gasteiger partial charge in [0.2, 0.25) is 11.3 Å². The molecule has 0 unspecified atom stereocenters. The number of aromatic nitrogens is 5. The number of ether oxygens (including phenoxy) is 6. The molecule has 17 nitrogen and oxygen atoms in total. The van der Waals surface area contributed by atoms with Gasteiger partial charge in [-0.2, -0.15) is 17.7 Å². The maximum absolute atomic E-state index is 13.5. The zero-order valence-electron chi connectivity index (χ0n) is 31.4. The van der Waals surface area contributed by atoms with Gasteiger partial charge in [-0.25, -0.2) is 4.79 Å². The zero-order valence-corrected chi connectivity index (χ0v) is 31.4. The quantitative estimate of drug-likeness (QED) is 0.143. The Labute approximate surface area is 308 Å². The summed E-state index contributed by atoms with van der Waals surface area (Å²) in [7, 11) is 7.61. The number of morpholine rings is 1. The van der Waals surface area contributed by atoms with Crippen LogP contribution in [0.3, 0.4) is 0 Å². The summed E-state index contributed by atoms with van der Waals surface area (Å²) in [6.07, 6.45) is -3.37. The number of carbonyl (C=O) groups excluding carboxylic acids is 1. The molecular weight excluding hydrogens is 723 g/mol. The molecule has 296 valence electrons. The molecule has 0 atom stereocenters. The van der Waals surface area contributed by atoms with Gasteiger partial charge in [0.1, 0.15) is 5.75 Å². The molecule has 0 spiro atoms.